The van der Waals surface area contributed by atoms with Gasteiger partial charge in [0.25, 0.3) is 0 Å². The van der Waals surface area contributed by atoms with Gasteiger partial charge in [0.2, 0.25) is 0 Å². The summed E-state index contributed by atoms with van der Waals surface area (Å²) in [4.78, 5) is 10.7. The molecule has 1 aliphatic rings. The second kappa shape index (κ2) is 13.2. The Balaban J connectivity index is 1.45. The van der Waals surface area contributed by atoms with E-state index in [1.165, 1.54) is 32.1 Å². The van der Waals surface area contributed by atoms with Gasteiger partial charge in [0.05, 0.1) is 12.8 Å². The topological polar surface area (TPSA) is 79.7 Å². The van der Waals surface area contributed by atoms with Gasteiger partial charge in [-0.25, -0.2) is 0 Å². The Morgan fingerprint density at radius 2 is 1.90 bits per heavy atom. The van der Waals surface area contributed by atoms with Gasteiger partial charge in [-0.2, -0.15) is 0 Å². The number of aliphatic hydroxyl groups is 1. The summed E-state index contributed by atoms with van der Waals surface area (Å²) in [6, 6.07) is 5.92. The fourth-order valence-electron chi connectivity index (χ4n) is 3.88. The number of benzene rings is 1. The Hall–Kier alpha value is -2.22. The lowest BCUT2D eigenvalue weighted by atomic mass is 10.1. The first-order valence-corrected chi connectivity index (χ1v) is 11.4. The molecule has 1 aliphatic heterocycles. The lowest BCUT2D eigenvalue weighted by Gasteiger charge is -2.26. The van der Waals surface area contributed by atoms with Crippen molar-refractivity contribution in [3.05, 3.63) is 48.0 Å². The molecular formula is C24H36N4O3. The number of aromatic nitrogens is 2. The van der Waals surface area contributed by atoms with E-state index in [0.29, 0.717) is 18.0 Å². The maximum Gasteiger partial charge on any atom is 0.161 e. The first-order valence-electron chi connectivity index (χ1n) is 11.4. The summed E-state index contributed by atoms with van der Waals surface area (Å²) in [6.45, 7) is 4.58. The summed E-state index contributed by atoms with van der Waals surface area (Å²) in [5.74, 6) is 1.35. The van der Waals surface area contributed by atoms with E-state index in [0.717, 1.165) is 43.9 Å². The molecule has 2 aromatic rings. The van der Waals surface area contributed by atoms with Crippen molar-refractivity contribution in [1.29, 1.82) is 0 Å². The summed E-state index contributed by atoms with van der Waals surface area (Å²) in [7, 11) is 1.64. The van der Waals surface area contributed by atoms with E-state index in [1.807, 2.05) is 18.2 Å². The van der Waals surface area contributed by atoms with E-state index in [4.69, 9.17) is 9.47 Å². The summed E-state index contributed by atoms with van der Waals surface area (Å²) in [5, 5.41) is 13.9. The second-order valence-electron chi connectivity index (χ2n) is 8.14. The van der Waals surface area contributed by atoms with Crippen LogP contribution in [0.1, 0.15) is 43.4 Å². The molecule has 0 aliphatic carbocycles. The van der Waals surface area contributed by atoms with Crippen LogP contribution >= 0.6 is 0 Å². The molecule has 0 amide bonds. The fraction of sp³-hybridized carbons (Fsp3) is 0.583. The molecule has 3 rings (SSSR count). The number of nitrogens with one attached hydrogen (secondary N) is 1. The number of nitrogens with zero attached hydrogens (tertiary/aromatic N) is 3. The predicted molar refractivity (Wildman–Crippen MR) is 121 cm³/mol. The van der Waals surface area contributed by atoms with Crippen LogP contribution in [0.4, 0.5) is 0 Å². The highest BCUT2D eigenvalue weighted by molar-refractivity contribution is 5.43. The van der Waals surface area contributed by atoms with Gasteiger partial charge in [-0.3, -0.25) is 9.97 Å². The van der Waals surface area contributed by atoms with E-state index in [1.54, 1.807) is 25.7 Å². The van der Waals surface area contributed by atoms with Crippen molar-refractivity contribution < 1.29 is 14.6 Å². The van der Waals surface area contributed by atoms with Crippen LogP contribution in [0.2, 0.25) is 0 Å². The molecule has 170 valence electrons. The maximum atomic E-state index is 10.5. The van der Waals surface area contributed by atoms with Crippen LogP contribution in [0.5, 0.6) is 11.5 Å². The van der Waals surface area contributed by atoms with Gasteiger partial charge in [-0.15, -0.1) is 0 Å². The number of aliphatic hydroxyl groups excluding tert-OH is 1. The molecule has 1 aromatic carbocycles. The molecule has 0 saturated carbocycles. The lowest BCUT2D eigenvalue weighted by molar-refractivity contribution is 0.0644. The van der Waals surface area contributed by atoms with Crippen LogP contribution in [0.15, 0.2) is 36.8 Å². The van der Waals surface area contributed by atoms with Gasteiger partial charge < -0.3 is 24.8 Å². The highest BCUT2D eigenvalue weighted by Gasteiger charge is 2.15. The smallest absolute Gasteiger partial charge is 0.161 e. The van der Waals surface area contributed by atoms with Gasteiger partial charge in [-0.05, 0) is 43.6 Å². The molecule has 2 N–H and O–H groups in total. The van der Waals surface area contributed by atoms with Crippen LogP contribution < -0.4 is 14.8 Å². The number of likely N-dealkylation sites (tertiary alicyclic amines) is 1. The molecule has 0 radical (unpaired) electrons. The van der Waals surface area contributed by atoms with Crippen molar-refractivity contribution in [2.45, 2.75) is 51.2 Å². The molecule has 1 atom stereocenters. The van der Waals surface area contributed by atoms with Gasteiger partial charge in [0, 0.05) is 44.6 Å². The van der Waals surface area contributed by atoms with Crippen molar-refractivity contribution in [3.63, 3.8) is 0 Å². The molecule has 0 bridgehead atoms. The minimum Gasteiger partial charge on any atom is -0.493 e. The van der Waals surface area contributed by atoms with Gasteiger partial charge >= 0.3 is 0 Å². The van der Waals surface area contributed by atoms with Crippen LogP contribution in [0.3, 0.4) is 0 Å². The number of β-amino-alcohol motifs (C(OH)–C–C–N with tert-alkyl or cyclic N) is 1. The molecule has 1 saturated heterocycles. The third-order valence-electron chi connectivity index (χ3n) is 5.58. The zero-order chi connectivity index (χ0) is 21.7. The molecule has 1 fully saturated rings. The van der Waals surface area contributed by atoms with Crippen LogP contribution in [0, 0.1) is 0 Å². The molecule has 2 heterocycles. The van der Waals surface area contributed by atoms with Crippen molar-refractivity contribution in [2.75, 3.05) is 39.9 Å². The number of ether oxygens (including phenoxy) is 2. The normalized spacial score (nSPS) is 16.3. The van der Waals surface area contributed by atoms with Crippen molar-refractivity contribution in [1.82, 2.24) is 20.2 Å². The highest BCUT2D eigenvalue weighted by atomic mass is 16.5. The van der Waals surface area contributed by atoms with Crippen molar-refractivity contribution in [2.24, 2.45) is 0 Å². The minimum absolute atomic E-state index is 0.260. The standard InChI is InChI=1S/C24H36N4O3/c1-30-23-8-7-20(16-25-10-9-21-17-26-11-12-27-21)15-24(23)31-19-22(29)18-28-13-5-3-2-4-6-14-28/h7-8,11-12,15,17,22,25,29H,2-6,9-10,13-14,16,18-19H2,1H3/t22-/m0/s1. The molecule has 0 spiro atoms. The lowest BCUT2D eigenvalue weighted by Crippen LogP contribution is -2.37. The summed E-state index contributed by atoms with van der Waals surface area (Å²) >= 11 is 0. The molecule has 7 heteroatoms. The largest absolute Gasteiger partial charge is 0.493 e. The average molecular weight is 429 g/mol. The minimum atomic E-state index is -0.516. The third kappa shape index (κ3) is 8.44. The Bertz CT molecular complexity index is 752. The van der Waals surface area contributed by atoms with Gasteiger partial charge in [0.15, 0.2) is 11.5 Å². The summed E-state index contributed by atoms with van der Waals surface area (Å²) in [6.07, 6.45) is 11.9. The molecular weight excluding hydrogens is 392 g/mol. The molecule has 1 aromatic heterocycles. The van der Waals surface area contributed by atoms with Gasteiger partial charge in [-0.1, -0.05) is 25.3 Å². The monoisotopic (exact) mass is 428 g/mol. The van der Waals surface area contributed by atoms with Crippen molar-refractivity contribution in [3.8, 4) is 11.5 Å². The second-order valence-corrected chi connectivity index (χ2v) is 8.14. The SMILES string of the molecule is COc1ccc(CNCCc2cnccn2)cc1OC[C@@H](O)CN1CCCCCCC1. The zero-order valence-corrected chi connectivity index (χ0v) is 18.6. The molecule has 31 heavy (non-hydrogen) atoms. The maximum absolute atomic E-state index is 10.5. The van der Waals surface area contributed by atoms with Crippen LogP contribution in [-0.2, 0) is 13.0 Å². The average Bonchev–Trinajstić information content (AvgIpc) is 2.78. The van der Waals surface area contributed by atoms with E-state index < -0.39 is 6.10 Å². The van der Waals surface area contributed by atoms with Crippen LogP contribution in [-0.4, -0.2) is 66.0 Å². The van der Waals surface area contributed by atoms with E-state index in [-0.39, 0.29) is 6.61 Å². The number of hydrogen-bond acceptors (Lipinski definition) is 7. The summed E-state index contributed by atoms with van der Waals surface area (Å²) in [5.41, 5.74) is 2.08. The number of methoxy groups -OCH3 is 1. The molecule has 7 nitrogen and oxygen atoms in total. The number of rotatable bonds is 11. The summed E-state index contributed by atoms with van der Waals surface area (Å²) < 4.78 is 11.4. The first-order chi connectivity index (χ1) is 15.2. The predicted octanol–water partition coefficient (Wildman–Crippen LogP) is 2.82. The van der Waals surface area contributed by atoms with Gasteiger partial charge in [0.1, 0.15) is 12.7 Å². The quantitative estimate of drug-likeness (QED) is 0.533. The Morgan fingerprint density at radius 1 is 1.10 bits per heavy atom. The third-order valence-corrected chi connectivity index (χ3v) is 5.58. The zero-order valence-electron chi connectivity index (χ0n) is 18.6. The Kier molecular flexibility index (Phi) is 10.0. The first kappa shape index (κ1) is 23.4. The molecule has 0 unspecified atom stereocenters. The Labute approximate surface area is 185 Å². The Morgan fingerprint density at radius 3 is 2.65 bits per heavy atom. The number of hydrogen-bond donors (Lipinski definition) is 2. The van der Waals surface area contributed by atoms with Crippen LogP contribution in [0.25, 0.3) is 0 Å². The fourth-order valence-corrected chi connectivity index (χ4v) is 3.88. The highest BCUT2D eigenvalue weighted by Crippen LogP contribution is 2.28. The van der Waals surface area contributed by atoms with E-state index in [9.17, 15) is 5.11 Å². The van der Waals surface area contributed by atoms with E-state index >= 15 is 0 Å². The van der Waals surface area contributed by atoms with Crippen molar-refractivity contribution >= 4 is 0 Å². The van der Waals surface area contributed by atoms with E-state index in [2.05, 4.69) is 20.2 Å².